The summed E-state index contributed by atoms with van der Waals surface area (Å²) >= 11 is 12.0. The highest BCUT2D eigenvalue weighted by Crippen LogP contribution is 2.32. The van der Waals surface area contributed by atoms with Crippen LogP contribution < -0.4 is 10.6 Å². The molecular weight excluding hydrogens is 261 g/mol. The third kappa shape index (κ3) is 2.59. The van der Waals surface area contributed by atoms with Crippen LogP contribution in [0.2, 0.25) is 10.0 Å². The maximum atomic E-state index is 9.68. The molecule has 1 aliphatic rings. The van der Waals surface area contributed by atoms with Crippen LogP contribution >= 0.6 is 23.2 Å². The van der Waals surface area contributed by atoms with E-state index in [0.29, 0.717) is 22.3 Å². The number of nitrogens with two attached hydrogens (primary N) is 1. The molecule has 1 aromatic rings. The zero-order chi connectivity index (χ0) is 12.6. The maximum Gasteiger partial charge on any atom is 0.149 e. The summed E-state index contributed by atoms with van der Waals surface area (Å²) in [6, 6.07) is 1.61. The summed E-state index contributed by atoms with van der Waals surface area (Å²) < 4.78 is 0. The zero-order valence-electron chi connectivity index (χ0n) is 9.53. The van der Waals surface area contributed by atoms with Crippen LogP contribution in [0.3, 0.4) is 0 Å². The number of anilines is 2. The average Bonchev–Trinajstić information content (AvgIpc) is 2.27. The minimum absolute atomic E-state index is 0.193. The number of hydrogen-bond donors (Lipinski definition) is 2. The van der Waals surface area contributed by atoms with Gasteiger partial charge in [-0.1, -0.05) is 30.1 Å². The van der Waals surface area contributed by atoms with Gasteiger partial charge in [0.2, 0.25) is 0 Å². The predicted molar refractivity (Wildman–Crippen MR) is 70.7 cm³/mol. The molecule has 0 saturated carbocycles. The Balaban J connectivity index is 2.26. The Bertz CT molecular complexity index is 427. The molecule has 1 saturated heterocycles. The first-order valence-electron chi connectivity index (χ1n) is 5.53. The van der Waals surface area contributed by atoms with Crippen molar-refractivity contribution in [1.29, 1.82) is 0 Å². The lowest BCUT2D eigenvalue weighted by molar-refractivity contribution is 0.0969. The first-order valence-corrected chi connectivity index (χ1v) is 6.29. The van der Waals surface area contributed by atoms with Crippen LogP contribution in [0.15, 0.2) is 6.07 Å². The van der Waals surface area contributed by atoms with Gasteiger partial charge in [-0.3, -0.25) is 0 Å². The Morgan fingerprint density at radius 3 is 2.82 bits per heavy atom. The number of aliphatic hydroxyl groups is 1. The summed E-state index contributed by atoms with van der Waals surface area (Å²) in [6.07, 6.45) is 0.455. The molecule has 0 amide bonds. The first-order chi connectivity index (χ1) is 7.99. The SMILES string of the molecule is CC1CN(c2nc(N)c(Cl)cc2Cl)CCC1O. The Morgan fingerprint density at radius 2 is 2.18 bits per heavy atom. The molecule has 2 rings (SSSR count). The van der Waals surface area contributed by atoms with Gasteiger partial charge < -0.3 is 15.7 Å². The number of aliphatic hydroxyl groups excluding tert-OH is 1. The topological polar surface area (TPSA) is 62.4 Å². The fourth-order valence-corrected chi connectivity index (χ4v) is 2.50. The van der Waals surface area contributed by atoms with Crippen LogP contribution in [0.5, 0.6) is 0 Å². The van der Waals surface area contributed by atoms with Crippen LogP contribution in [0, 0.1) is 5.92 Å². The zero-order valence-corrected chi connectivity index (χ0v) is 11.0. The molecule has 1 aliphatic heterocycles. The minimum Gasteiger partial charge on any atom is -0.393 e. The standard InChI is InChI=1S/C11H15Cl2N3O/c1-6-5-16(3-2-9(6)17)11-8(13)4-7(12)10(14)15-11/h4,6,9,17H,2-3,5H2,1H3,(H2,14,15). The number of hydrogen-bond acceptors (Lipinski definition) is 4. The van der Waals surface area contributed by atoms with E-state index in [1.54, 1.807) is 6.07 Å². The molecule has 94 valence electrons. The van der Waals surface area contributed by atoms with E-state index in [-0.39, 0.29) is 17.8 Å². The Morgan fingerprint density at radius 1 is 1.47 bits per heavy atom. The van der Waals surface area contributed by atoms with Gasteiger partial charge in [-0.15, -0.1) is 0 Å². The highest BCUT2D eigenvalue weighted by Gasteiger charge is 2.26. The Labute approximate surface area is 110 Å². The van der Waals surface area contributed by atoms with Gasteiger partial charge >= 0.3 is 0 Å². The lowest BCUT2D eigenvalue weighted by Crippen LogP contribution is -2.42. The molecule has 6 heteroatoms. The van der Waals surface area contributed by atoms with Crippen molar-refractivity contribution >= 4 is 34.8 Å². The third-order valence-corrected chi connectivity index (χ3v) is 3.68. The van der Waals surface area contributed by atoms with E-state index in [9.17, 15) is 5.11 Å². The molecular formula is C11H15Cl2N3O. The highest BCUT2D eigenvalue weighted by atomic mass is 35.5. The van der Waals surface area contributed by atoms with Gasteiger partial charge in [0, 0.05) is 13.1 Å². The normalized spacial score (nSPS) is 25.1. The Hall–Kier alpha value is -0.710. The van der Waals surface area contributed by atoms with E-state index in [1.807, 2.05) is 11.8 Å². The van der Waals surface area contributed by atoms with E-state index in [2.05, 4.69) is 4.98 Å². The molecule has 2 atom stereocenters. The highest BCUT2D eigenvalue weighted by molar-refractivity contribution is 6.37. The minimum atomic E-state index is -0.255. The van der Waals surface area contributed by atoms with Gasteiger partial charge in [-0.05, 0) is 18.4 Å². The van der Waals surface area contributed by atoms with Crippen LogP contribution in [0.25, 0.3) is 0 Å². The van der Waals surface area contributed by atoms with Gasteiger partial charge in [0.05, 0.1) is 16.1 Å². The van der Waals surface area contributed by atoms with Gasteiger partial charge in [-0.2, -0.15) is 0 Å². The molecule has 0 radical (unpaired) electrons. The fraction of sp³-hybridized carbons (Fsp3) is 0.545. The molecule has 1 aromatic heterocycles. The molecule has 3 N–H and O–H groups in total. The van der Waals surface area contributed by atoms with E-state index in [1.165, 1.54) is 0 Å². The quantitative estimate of drug-likeness (QED) is 0.825. The average molecular weight is 276 g/mol. The molecule has 1 fully saturated rings. The van der Waals surface area contributed by atoms with Gasteiger partial charge in [0.15, 0.2) is 0 Å². The monoisotopic (exact) mass is 275 g/mol. The van der Waals surface area contributed by atoms with Crippen LogP contribution in [0.1, 0.15) is 13.3 Å². The van der Waals surface area contributed by atoms with Crippen molar-refractivity contribution in [1.82, 2.24) is 4.98 Å². The van der Waals surface area contributed by atoms with Crippen molar-refractivity contribution in [2.45, 2.75) is 19.4 Å². The number of halogens is 2. The van der Waals surface area contributed by atoms with Crippen molar-refractivity contribution in [3.63, 3.8) is 0 Å². The van der Waals surface area contributed by atoms with Gasteiger partial charge in [0.25, 0.3) is 0 Å². The number of nitrogen functional groups attached to an aromatic ring is 1. The lowest BCUT2D eigenvalue weighted by Gasteiger charge is -2.35. The number of piperidine rings is 1. The van der Waals surface area contributed by atoms with Crippen molar-refractivity contribution < 1.29 is 5.11 Å². The summed E-state index contributed by atoms with van der Waals surface area (Å²) in [7, 11) is 0. The molecule has 0 aliphatic carbocycles. The largest absolute Gasteiger partial charge is 0.393 e. The van der Waals surface area contributed by atoms with Crippen molar-refractivity contribution in [2.75, 3.05) is 23.7 Å². The Kier molecular flexibility index (Phi) is 3.66. The molecule has 2 heterocycles. The third-order valence-electron chi connectivity index (χ3n) is 3.10. The fourth-order valence-electron chi connectivity index (χ4n) is 2.02. The van der Waals surface area contributed by atoms with E-state index in [4.69, 9.17) is 28.9 Å². The van der Waals surface area contributed by atoms with Gasteiger partial charge in [0.1, 0.15) is 11.6 Å². The molecule has 0 bridgehead atoms. The molecule has 2 unspecified atom stereocenters. The van der Waals surface area contributed by atoms with E-state index in [0.717, 1.165) is 13.1 Å². The predicted octanol–water partition coefficient (Wildman–Crippen LogP) is 2.18. The van der Waals surface area contributed by atoms with E-state index < -0.39 is 0 Å². The first kappa shape index (κ1) is 12.7. The number of pyridine rings is 1. The summed E-state index contributed by atoms with van der Waals surface area (Å²) in [6.45, 7) is 3.44. The second-order valence-electron chi connectivity index (χ2n) is 4.44. The summed E-state index contributed by atoms with van der Waals surface area (Å²) in [5.74, 6) is 1.12. The summed E-state index contributed by atoms with van der Waals surface area (Å²) in [4.78, 5) is 6.25. The number of aromatic nitrogens is 1. The second-order valence-corrected chi connectivity index (χ2v) is 5.25. The second kappa shape index (κ2) is 4.88. The van der Waals surface area contributed by atoms with Crippen LogP contribution in [-0.4, -0.2) is 29.3 Å². The smallest absolute Gasteiger partial charge is 0.149 e. The summed E-state index contributed by atoms with van der Waals surface area (Å²) in [5, 5.41) is 10.5. The van der Waals surface area contributed by atoms with Gasteiger partial charge in [-0.25, -0.2) is 4.98 Å². The molecule has 17 heavy (non-hydrogen) atoms. The molecule has 4 nitrogen and oxygen atoms in total. The van der Waals surface area contributed by atoms with Crippen molar-refractivity contribution in [3.05, 3.63) is 16.1 Å². The van der Waals surface area contributed by atoms with E-state index >= 15 is 0 Å². The van der Waals surface area contributed by atoms with Crippen molar-refractivity contribution in [3.8, 4) is 0 Å². The number of rotatable bonds is 1. The molecule has 0 aromatic carbocycles. The summed E-state index contributed by atoms with van der Waals surface area (Å²) in [5.41, 5.74) is 5.68. The van der Waals surface area contributed by atoms with Crippen LogP contribution in [0.4, 0.5) is 11.6 Å². The molecule has 0 spiro atoms. The van der Waals surface area contributed by atoms with Crippen LogP contribution in [-0.2, 0) is 0 Å². The lowest BCUT2D eigenvalue weighted by atomic mass is 9.97. The maximum absolute atomic E-state index is 9.68. The van der Waals surface area contributed by atoms with Crippen molar-refractivity contribution in [2.24, 2.45) is 5.92 Å². The number of nitrogens with zero attached hydrogens (tertiary/aromatic N) is 2.